The van der Waals surface area contributed by atoms with Crippen LogP contribution in [-0.4, -0.2) is 101 Å². The van der Waals surface area contributed by atoms with Gasteiger partial charge in [-0.25, -0.2) is 43.3 Å². The molecule has 0 saturated heterocycles. The molecule has 0 bridgehead atoms. The number of fused-ring (bicyclic) bond motifs is 3. The van der Waals surface area contributed by atoms with Crippen molar-refractivity contribution in [1.29, 1.82) is 26.5 Å². The molecule has 720 valence electrons. The fourth-order valence-corrected chi connectivity index (χ4v) is 15.7. The minimum atomic E-state index is -0.603. The van der Waals surface area contributed by atoms with E-state index >= 15 is 0 Å². The highest BCUT2D eigenvalue weighted by Crippen LogP contribution is 2.28. The molecule has 0 aliphatic rings. The number of nitrogens with two attached hydrogens (primary N) is 1. The number of aromatic amines is 3. The number of carbonyl (C=O) groups is 4. The van der Waals surface area contributed by atoms with Gasteiger partial charge in [-0.3, -0.25) is 28.7 Å². The fourth-order valence-electron chi connectivity index (χ4n) is 15.7. The van der Waals surface area contributed by atoms with Gasteiger partial charge in [0.05, 0.1) is 102 Å². The molecule has 2 amide bonds. The first kappa shape index (κ1) is 102. The summed E-state index contributed by atoms with van der Waals surface area (Å²) >= 11 is 0. The highest BCUT2D eigenvalue weighted by molar-refractivity contribution is 6.03. The second-order valence-electron chi connectivity index (χ2n) is 32.2. The third-order valence-corrected chi connectivity index (χ3v) is 22.4. The summed E-state index contributed by atoms with van der Waals surface area (Å²) in [5.41, 5.74) is 16.6. The van der Waals surface area contributed by atoms with Gasteiger partial charge >= 0.3 is 41.0 Å². The number of aromatic nitrogens is 11. The van der Waals surface area contributed by atoms with E-state index in [1.54, 1.807) is 74.6 Å². The number of hydrogen-bond acceptors (Lipinski definition) is 20. The number of aliphatic imine (C=N–C) groups is 1. The topological polar surface area (TPSA) is 467 Å². The Hall–Kier alpha value is -19.8. The van der Waals surface area contributed by atoms with Gasteiger partial charge in [-0.15, -0.1) is 0 Å². The van der Waals surface area contributed by atoms with E-state index in [-0.39, 0.29) is 107 Å². The van der Waals surface area contributed by atoms with E-state index in [4.69, 9.17) is 30.6 Å². The Kier molecular flexibility index (Phi) is 35.5. The average molecular weight is 1920 g/mol. The number of carbonyl (C=O) groups excluding carboxylic acids is 5. The van der Waals surface area contributed by atoms with Gasteiger partial charge < -0.3 is 68.4 Å². The van der Waals surface area contributed by atoms with Crippen molar-refractivity contribution in [3.05, 3.63) is 487 Å². The molecular formula is C111H98N20O13. The molecular weight excluding hydrogens is 1820 g/mol. The van der Waals surface area contributed by atoms with E-state index in [0.29, 0.717) is 67.7 Å². The van der Waals surface area contributed by atoms with Crippen molar-refractivity contribution in [3.8, 4) is 24.3 Å². The Labute approximate surface area is 824 Å². The zero-order valence-corrected chi connectivity index (χ0v) is 78.6. The molecule has 18 aromatic rings. The molecule has 0 radical (unpaired) electrons. The Bertz CT molecular complexity index is 7940. The lowest BCUT2D eigenvalue weighted by atomic mass is 10.2. The summed E-state index contributed by atoms with van der Waals surface area (Å²) in [7, 11) is 0. The van der Waals surface area contributed by atoms with Crippen molar-refractivity contribution in [1.82, 2.24) is 56.8 Å². The molecule has 0 aliphatic carbocycles. The van der Waals surface area contributed by atoms with Crippen molar-refractivity contribution in [3.63, 3.8) is 0 Å². The van der Waals surface area contributed by atoms with Gasteiger partial charge in [-0.2, -0.15) is 21.0 Å². The number of ether oxygens (including phenoxy) is 3. The van der Waals surface area contributed by atoms with Gasteiger partial charge in [-0.05, 0) is 76.4 Å². The van der Waals surface area contributed by atoms with Crippen LogP contribution in [0.3, 0.4) is 0 Å². The second-order valence-corrected chi connectivity index (χ2v) is 32.2. The number of nitrogens with zero attached hydrogens (tertiary/aromatic N) is 13. The van der Waals surface area contributed by atoms with Crippen LogP contribution >= 0.6 is 0 Å². The molecule has 8 heterocycles. The number of H-pyrrole nitrogens is 3. The van der Waals surface area contributed by atoms with Crippen molar-refractivity contribution in [2.24, 2.45) is 4.99 Å². The number of urea groups is 1. The highest BCUT2D eigenvalue weighted by atomic mass is 16.5. The van der Waals surface area contributed by atoms with Gasteiger partial charge in [-0.1, -0.05) is 303 Å². The van der Waals surface area contributed by atoms with E-state index in [1.165, 1.54) is 19.8 Å². The lowest BCUT2D eigenvalue weighted by Crippen LogP contribution is -2.36. The summed E-state index contributed by atoms with van der Waals surface area (Å²) in [4.78, 5) is 135. The fraction of sp³-hybridized carbons (Fsp3) is 0.144. The van der Waals surface area contributed by atoms with E-state index in [1.807, 2.05) is 315 Å². The van der Waals surface area contributed by atoms with Gasteiger partial charge in [0, 0.05) is 70.3 Å². The number of nitrogen functional groups attached to an aromatic ring is 1. The molecule has 33 heteroatoms. The third kappa shape index (κ3) is 26.1. The summed E-state index contributed by atoms with van der Waals surface area (Å²) in [6.07, 6.45) is 9.57. The summed E-state index contributed by atoms with van der Waals surface area (Å²) in [5, 5.41) is 51.9. The maximum atomic E-state index is 13.1. The normalized spacial score (nSPS) is 10.4. The molecule has 18 rings (SSSR count). The van der Waals surface area contributed by atoms with Crippen molar-refractivity contribution in [2.75, 3.05) is 30.9 Å². The van der Waals surface area contributed by atoms with Crippen LogP contribution in [-0.2, 0) is 84.5 Å². The molecule has 8 N–H and O–H groups in total. The number of isocyanates is 1. The predicted molar refractivity (Wildman–Crippen MR) is 545 cm³/mol. The number of benzene rings is 10. The van der Waals surface area contributed by atoms with Gasteiger partial charge in [0.15, 0.2) is 17.1 Å². The molecule has 0 aliphatic heterocycles. The predicted octanol–water partition coefficient (Wildman–Crippen LogP) is 15.4. The van der Waals surface area contributed by atoms with Crippen LogP contribution < -0.4 is 50.0 Å². The monoisotopic (exact) mass is 1920 g/mol. The number of anilines is 2. The van der Waals surface area contributed by atoms with E-state index in [9.17, 15) is 63.7 Å². The van der Waals surface area contributed by atoms with Crippen LogP contribution in [0.5, 0.6) is 0 Å². The lowest BCUT2D eigenvalue weighted by molar-refractivity contribution is 0.0506. The van der Waals surface area contributed by atoms with Gasteiger partial charge in [0.2, 0.25) is 6.08 Å². The summed E-state index contributed by atoms with van der Waals surface area (Å²) in [6.45, 7) is 9.28. The minimum Gasteiger partial charge on any atom is -0.461 e. The van der Waals surface area contributed by atoms with Crippen molar-refractivity contribution < 1.29 is 38.2 Å². The van der Waals surface area contributed by atoms with E-state index in [0.717, 1.165) is 55.6 Å². The van der Waals surface area contributed by atoms with Crippen LogP contribution in [0.25, 0.3) is 33.0 Å². The van der Waals surface area contributed by atoms with Crippen LogP contribution in [0, 0.1) is 50.7 Å². The number of hydrogen-bond donors (Lipinski definition) is 7. The highest BCUT2D eigenvalue weighted by Gasteiger charge is 2.28. The standard InChI is InChI=1S/2C23H22N4O3.2C21H16N4O2.C15H15N3O2.C8H7NO/c1-2-30-22(28)20-19-18(15-26(20)13-16-9-5-3-6-10-16)21(24)27(23(29)25-19)14-17-11-7-4-8-12-17;1-2-30-22(28)21-20(26-23(29)25-14-17-9-5-3-6-10-17)19(13-24)16-27(21)15-18-11-7-4-8-12-18;2*22-11-17-14-24(12-15-7-3-1-4-8-15)19-18(17)23-21(27)25(20(19)26)13-16-9-5-2-6-10-16;1-2-20-15(19)14-13(17)12(8-16)10-18(14)9-11-6-4-3-5-7-11;10-7-9-6-8-4-2-1-3-5-8/h3-12,15,24H,2,13-14H2,1H3,(H,25,29);3-12,16H,2,14-15H2,1H3,(H2,25,26,29);2*1-10,14H,12-13H2,(H,23,27);3-7,10H,2,9,17H2,1H3;1-5H,6H2. The van der Waals surface area contributed by atoms with Gasteiger partial charge in [0.1, 0.15) is 40.8 Å². The molecule has 10 aromatic carbocycles. The van der Waals surface area contributed by atoms with Crippen LogP contribution in [0.2, 0.25) is 0 Å². The smallest absolute Gasteiger partial charge is 0.357 e. The summed E-state index contributed by atoms with van der Waals surface area (Å²) in [5.74, 6) is -1.64. The molecule has 0 saturated carbocycles. The van der Waals surface area contributed by atoms with Crippen molar-refractivity contribution >= 4 is 74.4 Å². The maximum absolute atomic E-state index is 13.1. The molecule has 0 unspecified atom stereocenters. The zero-order valence-electron chi connectivity index (χ0n) is 78.6. The van der Waals surface area contributed by atoms with Gasteiger partial charge in [0.25, 0.3) is 11.1 Å². The SMILES string of the molecule is CCOC(=O)c1c(N)c(C#N)cn1Cc1ccccc1.CCOC(=O)c1c(NC(=O)NCc2ccccc2)c(C#N)cn1Cc1ccccc1.CCOC(=O)c1c2[nH]c(=O)n(Cc3ccccc3)c(=N)c2cn1Cc1ccccc1.N#Cc1cn(Cc2ccccc2)c2c(=O)n(Cc3ccccc3)c(=O)[nH]c12.N#Cc1cn(Cc2ccccc2)c2c(=O)n(Cc3ccccc3)c(=O)[nH]c12.O=C=NCc1ccccc1. The first-order chi connectivity index (χ1) is 70.1. The number of esters is 3. The van der Waals surface area contributed by atoms with E-state index in [2.05, 4.69) is 42.7 Å². The number of amides is 2. The first-order valence-electron chi connectivity index (χ1n) is 45.6. The average Bonchev–Trinajstić information content (AvgIpc) is 1.61. The molecule has 33 nitrogen and oxygen atoms in total. The lowest BCUT2D eigenvalue weighted by Gasteiger charge is -2.12. The van der Waals surface area contributed by atoms with E-state index < -0.39 is 52.1 Å². The Morgan fingerprint density at radius 3 is 0.993 bits per heavy atom. The molecule has 0 fully saturated rings. The number of nitrogens with one attached hydrogen (secondary N) is 6. The summed E-state index contributed by atoms with van der Waals surface area (Å²) in [6, 6.07) is 103. The zero-order chi connectivity index (χ0) is 102. The molecule has 8 aromatic heterocycles. The first-order valence-corrected chi connectivity index (χ1v) is 45.6. The Morgan fingerprint density at radius 2 is 0.639 bits per heavy atom. The molecule has 0 spiro atoms. The van der Waals surface area contributed by atoms with Crippen LogP contribution in [0.4, 0.5) is 16.2 Å². The Balaban J connectivity index is 0.000000148. The second kappa shape index (κ2) is 50.4. The number of nitriles is 4. The largest absolute Gasteiger partial charge is 0.461 e. The molecule has 144 heavy (non-hydrogen) atoms. The quantitative estimate of drug-likeness (QED) is 0.0109. The van der Waals surface area contributed by atoms with Crippen LogP contribution in [0.15, 0.2) is 363 Å². The Morgan fingerprint density at radius 1 is 0.354 bits per heavy atom. The maximum Gasteiger partial charge on any atom is 0.357 e. The summed E-state index contributed by atoms with van der Waals surface area (Å²) < 4.78 is 27.6. The minimum absolute atomic E-state index is 0.0509. The molecule has 0 atom stereocenters. The van der Waals surface area contributed by atoms with Crippen molar-refractivity contribution in [2.45, 2.75) is 86.2 Å². The van der Waals surface area contributed by atoms with Crippen LogP contribution in [0.1, 0.15) is 130 Å². The third-order valence-electron chi connectivity index (χ3n) is 22.4. The number of rotatable bonds is 27.